The molecule has 0 aliphatic heterocycles. The summed E-state index contributed by atoms with van der Waals surface area (Å²) in [4.78, 5) is 32.8. The van der Waals surface area contributed by atoms with Gasteiger partial charge in [-0.2, -0.15) is 0 Å². The Morgan fingerprint density at radius 3 is 2.30 bits per heavy atom. The lowest BCUT2D eigenvalue weighted by Crippen LogP contribution is -2.50. The second kappa shape index (κ2) is 11.5. The normalized spacial score (nSPS) is 18.1. The number of imidazole rings is 1. The van der Waals surface area contributed by atoms with Crippen LogP contribution in [0.5, 0.6) is 0 Å². The predicted octanol–water partition coefficient (Wildman–Crippen LogP) is 4.77. The highest BCUT2D eigenvalue weighted by Crippen LogP contribution is 2.31. The molecule has 0 radical (unpaired) electrons. The number of nitrogens with one attached hydrogen (secondary N) is 1. The Morgan fingerprint density at radius 2 is 1.67 bits per heavy atom. The van der Waals surface area contributed by atoms with Crippen LogP contribution in [-0.4, -0.2) is 44.9 Å². The molecule has 0 saturated heterocycles. The Hall–Kier alpha value is -2.63. The number of rotatable bonds is 8. The maximum absolute atomic E-state index is 13.9. The molecule has 2 amide bonds. The predicted molar refractivity (Wildman–Crippen MR) is 132 cm³/mol. The average molecular weight is 451 g/mol. The first kappa shape index (κ1) is 23.5. The highest BCUT2D eigenvalue weighted by Gasteiger charge is 2.32. The summed E-state index contributed by atoms with van der Waals surface area (Å²) in [5.74, 6) is 0.991. The van der Waals surface area contributed by atoms with E-state index in [1.165, 1.54) is 44.6 Å². The van der Waals surface area contributed by atoms with E-state index in [9.17, 15) is 9.59 Å². The minimum atomic E-state index is -0.1000. The Labute approximate surface area is 197 Å². The molecule has 178 valence electrons. The van der Waals surface area contributed by atoms with E-state index >= 15 is 0 Å². The van der Waals surface area contributed by atoms with Crippen LogP contribution in [0, 0.1) is 0 Å². The van der Waals surface area contributed by atoms with Crippen molar-refractivity contribution in [2.24, 2.45) is 0 Å². The van der Waals surface area contributed by atoms with E-state index in [0.717, 1.165) is 42.5 Å². The van der Waals surface area contributed by atoms with E-state index in [-0.39, 0.29) is 11.8 Å². The monoisotopic (exact) mass is 450 g/mol. The number of carbonyl (C=O) groups is 2. The van der Waals surface area contributed by atoms with Crippen LogP contribution in [0.4, 0.5) is 0 Å². The minimum absolute atomic E-state index is 0.1000. The van der Waals surface area contributed by atoms with Crippen molar-refractivity contribution in [1.29, 1.82) is 0 Å². The lowest BCUT2D eigenvalue weighted by molar-refractivity contribution is -0.138. The van der Waals surface area contributed by atoms with E-state index in [1.54, 1.807) is 6.08 Å². The summed E-state index contributed by atoms with van der Waals surface area (Å²) in [6.07, 6.45) is 15.9. The maximum atomic E-state index is 13.9. The van der Waals surface area contributed by atoms with Gasteiger partial charge in [0.1, 0.15) is 12.4 Å². The van der Waals surface area contributed by atoms with Crippen molar-refractivity contribution in [3.63, 3.8) is 0 Å². The van der Waals surface area contributed by atoms with Crippen molar-refractivity contribution in [3.05, 3.63) is 42.2 Å². The first-order valence-electron chi connectivity index (χ1n) is 12.8. The first-order chi connectivity index (χ1) is 16.2. The van der Waals surface area contributed by atoms with Crippen molar-refractivity contribution >= 4 is 22.8 Å². The van der Waals surface area contributed by atoms with Crippen LogP contribution in [-0.2, 0) is 22.6 Å². The number of para-hydroxylation sites is 2. The van der Waals surface area contributed by atoms with Gasteiger partial charge < -0.3 is 14.8 Å². The van der Waals surface area contributed by atoms with E-state index in [4.69, 9.17) is 4.98 Å². The summed E-state index contributed by atoms with van der Waals surface area (Å²) in [6, 6.07) is 8.79. The van der Waals surface area contributed by atoms with Crippen LogP contribution >= 0.6 is 0 Å². The molecule has 0 bridgehead atoms. The van der Waals surface area contributed by atoms with Gasteiger partial charge in [0.05, 0.1) is 11.0 Å². The molecular weight excluding hydrogens is 412 g/mol. The maximum Gasteiger partial charge on any atom is 0.243 e. The second-order valence-corrected chi connectivity index (χ2v) is 9.53. The van der Waals surface area contributed by atoms with E-state index in [1.807, 2.05) is 31.2 Å². The summed E-state index contributed by atoms with van der Waals surface area (Å²) in [6.45, 7) is 2.65. The van der Waals surface area contributed by atoms with Gasteiger partial charge in [-0.05, 0) is 50.8 Å². The zero-order valence-electron chi connectivity index (χ0n) is 20.0. The Morgan fingerprint density at radius 1 is 1.03 bits per heavy atom. The first-order valence-corrected chi connectivity index (χ1v) is 12.8. The molecule has 33 heavy (non-hydrogen) atoms. The van der Waals surface area contributed by atoms with Crippen LogP contribution in [0.15, 0.2) is 36.4 Å². The molecule has 1 N–H and O–H groups in total. The molecule has 2 aliphatic rings. The van der Waals surface area contributed by atoms with Gasteiger partial charge in [-0.1, -0.05) is 56.7 Å². The summed E-state index contributed by atoms with van der Waals surface area (Å²) < 4.78 is 2.08. The molecule has 2 saturated carbocycles. The third kappa shape index (κ3) is 5.84. The van der Waals surface area contributed by atoms with E-state index < -0.39 is 0 Å². The topological polar surface area (TPSA) is 67.2 Å². The zero-order valence-corrected chi connectivity index (χ0v) is 20.0. The average Bonchev–Trinajstić information content (AvgIpc) is 3.18. The van der Waals surface area contributed by atoms with E-state index in [2.05, 4.69) is 14.8 Å². The molecule has 0 atom stereocenters. The van der Waals surface area contributed by atoms with Gasteiger partial charge in [0.25, 0.3) is 0 Å². The largest absolute Gasteiger partial charge is 0.352 e. The van der Waals surface area contributed by atoms with Gasteiger partial charge in [-0.15, -0.1) is 0 Å². The number of amides is 2. The lowest BCUT2D eigenvalue weighted by Gasteiger charge is -2.42. The van der Waals surface area contributed by atoms with Gasteiger partial charge in [0, 0.05) is 25.0 Å². The number of nitrogens with zero attached hydrogens (tertiary/aromatic N) is 3. The van der Waals surface area contributed by atoms with Gasteiger partial charge >= 0.3 is 0 Å². The Kier molecular flexibility index (Phi) is 8.19. The van der Waals surface area contributed by atoms with Gasteiger partial charge in [0.2, 0.25) is 11.8 Å². The molecule has 2 aliphatic carbocycles. The Bertz CT molecular complexity index is 950. The number of carbonyl (C=O) groups excluding carboxylic acids is 2. The second-order valence-electron chi connectivity index (χ2n) is 9.53. The summed E-state index contributed by atoms with van der Waals surface area (Å²) in [5, 5.41) is 2.91. The van der Waals surface area contributed by atoms with Gasteiger partial charge in [0.15, 0.2) is 0 Å². The molecule has 0 spiro atoms. The summed E-state index contributed by atoms with van der Waals surface area (Å²) in [7, 11) is 0. The van der Waals surface area contributed by atoms with Gasteiger partial charge in [-0.3, -0.25) is 9.59 Å². The number of hydrogen-bond acceptors (Lipinski definition) is 3. The molecule has 2 aromatic rings. The number of aromatic nitrogens is 2. The van der Waals surface area contributed by atoms with E-state index in [0.29, 0.717) is 31.6 Å². The smallest absolute Gasteiger partial charge is 0.243 e. The molecule has 6 nitrogen and oxygen atoms in total. The zero-order chi connectivity index (χ0) is 23.0. The third-order valence-electron chi connectivity index (χ3n) is 7.22. The highest BCUT2D eigenvalue weighted by molar-refractivity contribution is 5.87. The van der Waals surface area contributed by atoms with Gasteiger partial charge in [-0.25, -0.2) is 4.98 Å². The summed E-state index contributed by atoms with van der Waals surface area (Å²) in [5.41, 5.74) is 1.90. The van der Waals surface area contributed by atoms with Crippen molar-refractivity contribution in [3.8, 4) is 0 Å². The molecular formula is C27H38N4O2. The van der Waals surface area contributed by atoms with Crippen LogP contribution in [0.1, 0.15) is 77.0 Å². The van der Waals surface area contributed by atoms with Crippen LogP contribution in [0.3, 0.4) is 0 Å². The molecule has 6 heteroatoms. The number of benzene rings is 1. The quantitative estimate of drug-likeness (QED) is 0.590. The minimum Gasteiger partial charge on any atom is -0.352 e. The number of allylic oxidation sites excluding steroid dienone is 1. The fourth-order valence-corrected chi connectivity index (χ4v) is 5.64. The third-order valence-corrected chi connectivity index (χ3v) is 7.22. The standard InChI is InChI=1S/C27H38N4O2/c1-2-11-26(32)28-19-18-25-29-23-16-9-10-17-24(23)30(25)20-27(33)31(21-12-5-3-6-13-21)22-14-7-4-8-15-22/h2,9-11,16-17,21-22H,3-8,12-15,18-20H2,1H3,(H,28,32)/b11-2+. The fraction of sp³-hybridized carbons (Fsp3) is 0.593. The molecule has 4 rings (SSSR count). The summed E-state index contributed by atoms with van der Waals surface area (Å²) >= 11 is 0. The molecule has 0 unspecified atom stereocenters. The van der Waals surface area contributed by atoms with Crippen molar-refractivity contribution in [1.82, 2.24) is 19.8 Å². The van der Waals surface area contributed by atoms with Crippen LogP contribution in [0.2, 0.25) is 0 Å². The molecule has 1 heterocycles. The van der Waals surface area contributed by atoms with Crippen molar-refractivity contribution in [2.45, 2.75) is 96.2 Å². The van der Waals surface area contributed by atoms with Crippen LogP contribution in [0.25, 0.3) is 11.0 Å². The highest BCUT2D eigenvalue weighted by atomic mass is 16.2. The molecule has 1 aromatic heterocycles. The van der Waals surface area contributed by atoms with Crippen molar-refractivity contribution in [2.75, 3.05) is 6.54 Å². The fourth-order valence-electron chi connectivity index (χ4n) is 5.64. The van der Waals surface area contributed by atoms with Crippen molar-refractivity contribution < 1.29 is 9.59 Å². The van der Waals surface area contributed by atoms with Crippen LogP contribution < -0.4 is 5.32 Å². The lowest BCUT2D eigenvalue weighted by atomic mass is 9.88. The Balaban J connectivity index is 1.56. The SMILES string of the molecule is C/C=C/C(=O)NCCc1nc2ccccc2n1CC(=O)N(C1CCCCC1)C1CCCCC1. The number of hydrogen-bond donors (Lipinski definition) is 1. The molecule has 1 aromatic carbocycles. The number of fused-ring (bicyclic) bond motifs is 1. The molecule has 2 fully saturated rings.